The van der Waals surface area contributed by atoms with E-state index in [-0.39, 0.29) is 19.1 Å². The SMILES string of the molecule is CCOCCCC(=O)N1CCOC(C(=O)O)C1. The summed E-state index contributed by atoms with van der Waals surface area (Å²) in [6, 6.07) is 0. The first-order valence-corrected chi connectivity index (χ1v) is 5.85. The number of carboxylic acids is 1. The zero-order chi connectivity index (χ0) is 12.7. The van der Waals surface area contributed by atoms with Crippen molar-refractivity contribution in [2.45, 2.75) is 25.9 Å². The number of carboxylic acid groups (broad SMARTS) is 1. The van der Waals surface area contributed by atoms with Crippen molar-refractivity contribution in [3.8, 4) is 0 Å². The lowest BCUT2D eigenvalue weighted by atomic mass is 10.2. The lowest BCUT2D eigenvalue weighted by molar-refractivity contribution is -0.159. The molecule has 1 N–H and O–H groups in total. The van der Waals surface area contributed by atoms with Crippen molar-refractivity contribution >= 4 is 11.9 Å². The van der Waals surface area contributed by atoms with E-state index in [1.165, 1.54) is 0 Å². The maximum Gasteiger partial charge on any atom is 0.334 e. The third kappa shape index (κ3) is 4.70. The number of morpholine rings is 1. The van der Waals surface area contributed by atoms with Crippen LogP contribution in [0.5, 0.6) is 0 Å². The molecule has 1 fully saturated rings. The van der Waals surface area contributed by atoms with E-state index in [0.717, 1.165) is 0 Å². The summed E-state index contributed by atoms with van der Waals surface area (Å²) < 4.78 is 10.2. The maximum absolute atomic E-state index is 11.8. The molecule has 1 amide bonds. The number of aliphatic carboxylic acids is 1. The summed E-state index contributed by atoms with van der Waals surface area (Å²) in [5.74, 6) is -1.05. The first-order chi connectivity index (χ1) is 8.15. The van der Waals surface area contributed by atoms with E-state index in [0.29, 0.717) is 32.6 Å². The Bertz CT molecular complexity index is 269. The van der Waals surface area contributed by atoms with Crippen LogP contribution in [0.4, 0.5) is 0 Å². The highest BCUT2D eigenvalue weighted by Gasteiger charge is 2.28. The highest BCUT2D eigenvalue weighted by molar-refractivity contribution is 5.78. The van der Waals surface area contributed by atoms with Crippen LogP contribution in [0, 0.1) is 0 Å². The number of carbonyl (C=O) groups excluding carboxylic acids is 1. The van der Waals surface area contributed by atoms with Gasteiger partial charge in [-0.05, 0) is 13.3 Å². The molecule has 1 rings (SSSR count). The third-order valence-corrected chi connectivity index (χ3v) is 2.58. The van der Waals surface area contributed by atoms with Crippen LogP contribution in [0.1, 0.15) is 19.8 Å². The Morgan fingerprint density at radius 3 is 2.94 bits per heavy atom. The molecule has 17 heavy (non-hydrogen) atoms. The van der Waals surface area contributed by atoms with Crippen molar-refractivity contribution in [3.05, 3.63) is 0 Å². The van der Waals surface area contributed by atoms with Crippen LogP contribution < -0.4 is 0 Å². The molecule has 98 valence electrons. The van der Waals surface area contributed by atoms with Crippen LogP contribution in [-0.2, 0) is 19.1 Å². The number of carbonyl (C=O) groups is 2. The summed E-state index contributed by atoms with van der Waals surface area (Å²) in [4.78, 5) is 24.0. The molecule has 0 aromatic heterocycles. The summed E-state index contributed by atoms with van der Waals surface area (Å²) in [5.41, 5.74) is 0. The van der Waals surface area contributed by atoms with Gasteiger partial charge in [0.25, 0.3) is 0 Å². The van der Waals surface area contributed by atoms with Gasteiger partial charge in [0, 0.05) is 26.2 Å². The number of hydrogen-bond donors (Lipinski definition) is 1. The number of rotatable bonds is 6. The molecule has 0 aromatic rings. The van der Waals surface area contributed by atoms with Gasteiger partial charge in [-0.2, -0.15) is 0 Å². The van der Waals surface area contributed by atoms with Crippen molar-refractivity contribution in [3.63, 3.8) is 0 Å². The minimum Gasteiger partial charge on any atom is -0.479 e. The topological polar surface area (TPSA) is 76.1 Å². The summed E-state index contributed by atoms with van der Waals surface area (Å²) in [7, 11) is 0. The van der Waals surface area contributed by atoms with Crippen molar-refractivity contribution in [1.82, 2.24) is 4.90 Å². The molecule has 0 saturated carbocycles. The van der Waals surface area contributed by atoms with Crippen molar-refractivity contribution in [2.24, 2.45) is 0 Å². The predicted octanol–water partition coefficient (Wildman–Crippen LogP) is 0.115. The fourth-order valence-corrected chi connectivity index (χ4v) is 1.65. The molecule has 1 heterocycles. The summed E-state index contributed by atoms with van der Waals surface area (Å²) >= 11 is 0. The van der Waals surface area contributed by atoms with Crippen LogP contribution in [0.15, 0.2) is 0 Å². The lowest BCUT2D eigenvalue weighted by Crippen LogP contribution is -2.48. The Labute approximate surface area is 100 Å². The fourth-order valence-electron chi connectivity index (χ4n) is 1.65. The van der Waals surface area contributed by atoms with Gasteiger partial charge in [-0.25, -0.2) is 4.79 Å². The van der Waals surface area contributed by atoms with Gasteiger partial charge >= 0.3 is 5.97 Å². The molecule has 0 aliphatic carbocycles. The van der Waals surface area contributed by atoms with E-state index in [4.69, 9.17) is 14.6 Å². The van der Waals surface area contributed by atoms with E-state index < -0.39 is 12.1 Å². The van der Waals surface area contributed by atoms with Crippen LogP contribution in [-0.4, -0.2) is 60.9 Å². The maximum atomic E-state index is 11.8. The quantitative estimate of drug-likeness (QED) is 0.672. The molecule has 0 spiro atoms. The molecule has 1 aliphatic heterocycles. The summed E-state index contributed by atoms with van der Waals surface area (Å²) in [6.45, 7) is 4.01. The molecule has 1 aliphatic rings. The second-order valence-corrected chi connectivity index (χ2v) is 3.84. The van der Waals surface area contributed by atoms with E-state index in [1.54, 1.807) is 4.90 Å². The number of nitrogens with zero attached hydrogens (tertiary/aromatic N) is 1. The molecule has 1 saturated heterocycles. The molecule has 6 heteroatoms. The monoisotopic (exact) mass is 245 g/mol. The van der Waals surface area contributed by atoms with Gasteiger partial charge in [-0.1, -0.05) is 0 Å². The summed E-state index contributed by atoms with van der Waals surface area (Å²) in [6.07, 6.45) is 0.174. The van der Waals surface area contributed by atoms with E-state index in [9.17, 15) is 9.59 Å². The van der Waals surface area contributed by atoms with Crippen LogP contribution in [0.2, 0.25) is 0 Å². The molecular formula is C11H19NO5. The molecule has 0 radical (unpaired) electrons. The Kier molecular flexibility index (Phi) is 5.93. The van der Waals surface area contributed by atoms with Crippen LogP contribution in [0.25, 0.3) is 0 Å². The van der Waals surface area contributed by atoms with E-state index in [2.05, 4.69) is 0 Å². The zero-order valence-corrected chi connectivity index (χ0v) is 10.1. The zero-order valence-electron chi connectivity index (χ0n) is 10.1. The predicted molar refractivity (Wildman–Crippen MR) is 59.7 cm³/mol. The van der Waals surface area contributed by atoms with Gasteiger partial charge in [0.05, 0.1) is 13.2 Å². The van der Waals surface area contributed by atoms with Crippen LogP contribution in [0.3, 0.4) is 0 Å². The van der Waals surface area contributed by atoms with Gasteiger partial charge in [-0.3, -0.25) is 4.79 Å². The average molecular weight is 245 g/mol. The number of hydrogen-bond acceptors (Lipinski definition) is 4. The number of amides is 1. The van der Waals surface area contributed by atoms with Gasteiger partial charge in [0.2, 0.25) is 5.91 Å². The number of ether oxygens (including phenoxy) is 2. The van der Waals surface area contributed by atoms with E-state index >= 15 is 0 Å². The van der Waals surface area contributed by atoms with E-state index in [1.807, 2.05) is 6.92 Å². The van der Waals surface area contributed by atoms with Gasteiger partial charge in [0.1, 0.15) is 0 Å². The smallest absolute Gasteiger partial charge is 0.334 e. The normalized spacial score (nSPS) is 20.3. The first-order valence-electron chi connectivity index (χ1n) is 5.85. The van der Waals surface area contributed by atoms with Crippen LogP contribution >= 0.6 is 0 Å². The minimum atomic E-state index is -1.02. The van der Waals surface area contributed by atoms with Gasteiger partial charge < -0.3 is 19.5 Å². The average Bonchev–Trinajstić information content (AvgIpc) is 2.34. The lowest BCUT2D eigenvalue weighted by Gasteiger charge is -2.30. The molecule has 6 nitrogen and oxygen atoms in total. The Morgan fingerprint density at radius 1 is 1.53 bits per heavy atom. The highest BCUT2D eigenvalue weighted by Crippen LogP contribution is 2.08. The minimum absolute atomic E-state index is 0.0285. The Hall–Kier alpha value is -1.14. The second kappa shape index (κ2) is 7.24. The summed E-state index contributed by atoms with van der Waals surface area (Å²) in [5, 5.41) is 8.80. The standard InChI is InChI=1S/C11H19NO5/c1-2-16-6-3-4-10(13)12-5-7-17-9(8-12)11(14)15/h9H,2-8H2,1H3,(H,14,15). The van der Waals surface area contributed by atoms with Crippen molar-refractivity contribution < 1.29 is 24.2 Å². The largest absolute Gasteiger partial charge is 0.479 e. The highest BCUT2D eigenvalue weighted by atomic mass is 16.5. The Morgan fingerprint density at radius 2 is 2.29 bits per heavy atom. The molecule has 1 unspecified atom stereocenters. The van der Waals surface area contributed by atoms with Crippen molar-refractivity contribution in [1.29, 1.82) is 0 Å². The van der Waals surface area contributed by atoms with Gasteiger partial charge in [0.15, 0.2) is 6.10 Å². The molecule has 0 bridgehead atoms. The Balaban J connectivity index is 2.28. The molecule has 0 aromatic carbocycles. The second-order valence-electron chi connectivity index (χ2n) is 3.84. The molecule has 1 atom stereocenters. The third-order valence-electron chi connectivity index (χ3n) is 2.58. The van der Waals surface area contributed by atoms with Gasteiger partial charge in [-0.15, -0.1) is 0 Å². The fraction of sp³-hybridized carbons (Fsp3) is 0.818. The first kappa shape index (κ1) is 13.9. The van der Waals surface area contributed by atoms with Crippen molar-refractivity contribution in [2.75, 3.05) is 32.9 Å². The molecular weight excluding hydrogens is 226 g/mol.